The molecular weight excluding hydrogens is 284 g/mol. The number of amides is 1. The molecule has 0 bridgehead atoms. The number of hydrogen-bond donors (Lipinski definition) is 1. The van der Waals surface area contributed by atoms with E-state index < -0.39 is 0 Å². The number of carbonyl (C=O) groups is 1. The molecule has 0 saturated heterocycles. The lowest BCUT2D eigenvalue weighted by Crippen LogP contribution is -2.21. The van der Waals surface area contributed by atoms with Crippen LogP contribution in [-0.4, -0.2) is 24.9 Å². The molecule has 3 rings (SSSR count). The summed E-state index contributed by atoms with van der Waals surface area (Å²) in [6, 6.07) is 22.3. The van der Waals surface area contributed by atoms with Crippen molar-refractivity contribution in [3.63, 3.8) is 0 Å². The highest BCUT2D eigenvalue weighted by molar-refractivity contribution is 5.94. The summed E-state index contributed by atoms with van der Waals surface area (Å²) in [5.74, 6) is 0.0191. The van der Waals surface area contributed by atoms with Crippen molar-refractivity contribution >= 4 is 22.4 Å². The van der Waals surface area contributed by atoms with Crippen LogP contribution in [0.2, 0.25) is 0 Å². The van der Waals surface area contributed by atoms with E-state index in [9.17, 15) is 4.79 Å². The zero-order valence-electron chi connectivity index (χ0n) is 13.4. The van der Waals surface area contributed by atoms with Gasteiger partial charge in [0.2, 0.25) is 0 Å². The Morgan fingerprint density at radius 3 is 2.35 bits per heavy atom. The maximum Gasteiger partial charge on any atom is 0.253 e. The van der Waals surface area contributed by atoms with Gasteiger partial charge in [-0.3, -0.25) is 4.79 Å². The van der Waals surface area contributed by atoms with Crippen LogP contribution in [0.3, 0.4) is 0 Å². The van der Waals surface area contributed by atoms with Crippen LogP contribution in [-0.2, 0) is 6.54 Å². The Kier molecular flexibility index (Phi) is 4.29. The van der Waals surface area contributed by atoms with Crippen LogP contribution in [0.1, 0.15) is 15.9 Å². The summed E-state index contributed by atoms with van der Waals surface area (Å²) in [7, 11) is 3.52. The smallest absolute Gasteiger partial charge is 0.253 e. The van der Waals surface area contributed by atoms with E-state index in [1.54, 1.807) is 19.0 Å². The first-order valence-electron chi connectivity index (χ1n) is 7.67. The second-order valence-corrected chi connectivity index (χ2v) is 5.77. The van der Waals surface area contributed by atoms with Crippen molar-refractivity contribution in [2.75, 3.05) is 19.4 Å². The average molecular weight is 304 g/mol. The Morgan fingerprint density at radius 2 is 1.61 bits per heavy atom. The van der Waals surface area contributed by atoms with Crippen molar-refractivity contribution in [2.24, 2.45) is 0 Å². The van der Waals surface area contributed by atoms with Gasteiger partial charge in [0.15, 0.2) is 0 Å². The first kappa shape index (κ1) is 15.1. The summed E-state index contributed by atoms with van der Waals surface area (Å²) in [5.41, 5.74) is 2.97. The van der Waals surface area contributed by atoms with E-state index in [2.05, 4.69) is 47.8 Å². The molecule has 0 aliphatic carbocycles. The first-order chi connectivity index (χ1) is 11.1. The normalized spacial score (nSPS) is 10.5. The minimum absolute atomic E-state index is 0.0191. The number of carbonyl (C=O) groups excluding carboxylic acids is 1. The molecule has 0 heterocycles. The molecule has 3 aromatic rings. The lowest BCUT2D eigenvalue weighted by molar-refractivity contribution is 0.0827. The molecular formula is C20H20N2O. The zero-order chi connectivity index (χ0) is 16.2. The van der Waals surface area contributed by atoms with Gasteiger partial charge in [-0.25, -0.2) is 0 Å². The van der Waals surface area contributed by atoms with Gasteiger partial charge in [-0.15, -0.1) is 0 Å². The van der Waals surface area contributed by atoms with E-state index >= 15 is 0 Å². The number of hydrogen-bond acceptors (Lipinski definition) is 2. The molecule has 0 unspecified atom stereocenters. The highest BCUT2D eigenvalue weighted by Gasteiger charge is 2.07. The average Bonchev–Trinajstić information content (AvgIpc) is 2.59. The van der Waals surface area contributed by atoms with E-state index in [0.29, 0.717) is 5.56 Å². The van der Waals surface area contributed by atoms with E-state index in [1.165, 1.54) is 16.3 Å². The van der Waals surface area contributed by atoms with Gasteiger partial charge >= 0.3 is 0 Å². The maximum absolute atomic E-state index is 11.9. The van der Waals surface area contributed by atoms with Crippen molar-refractivity contribution in [1.29, 1.82) is 0 Å². The summed E-state index contributed by atoms with van der Waals surface area (Å²) in [4.78, 5) is 13.5. The Labute approximate surface area is 136 Å². The second kappa shape index (κ2) is 6.53. The van der Waals surface area contributed by atoms with Crippen LogP contribution < -0.4 is 5.32 Å². The van der Waals surface area contributed by atoms with Gasteiger partial charge < -0.3 is 10.2 Å². The standard InChI is InChI=1S/C20H20N2O/c1-22(2)20(23)16-10-12-18(13-11-16)21-14-17-8-5-7-15-6-3-4-9-19(15)17/h3-13,21H,14H2,1-2H3. The Balaban J connectivity index is 1.74. The fourth-order valence-electron chi connectivity index (χ4n) is 2.63. The van der Waals surface area contributed by atoms with Crippen LogP contribution in [0.4, 0.5) is 5.69 Å². The number of nitrogens with one attached hydrogen (secondary N) is 1. The van der Waals surface area contributed by atoms with E-state index in [0.717, 1.165) is 12.2 Å². The molecule has 3 nitrogen and oxygen atoms in total. The second-order valence-electron chi connectivity index (χ2n) is 5.77. The Morgan fingerprint density at radius 1 is 0.913 bits per heavy atom. The predicted molar refractivity (Wildman–Crippen MR) is 95.7 cm³/mol. The minimum Gasteiger partial charge on any atom is -0.381 e. The molecule has 0 aliphatic rings. The van der Waals surface area contributed by atoms with E-state index in [4.69, 9.17) is 0 Å². The lowest BCUT2D eigenvalue weighted by Gasteiger charge is -2.12. The molecule has 23 heavy (non-hydrogen) atoms. The van der Waals surface area contributed by atoms with Crippen LogP contribution in [0.25, 0.3) is 10.8 Å². The monoisotopic (exact) mass is 304 g/mol. The molecule has 0 saturated carbocycles. The molecule has 1 N–H and O–H groups in total. The van der Waals surface area contributed by atoms with Gasteiger partial charge in [0.1, 0.15) is 0 Å². The topological polar surface area (TPSA) is 32.3 Å². The molecule has 0 radical (unpaired) electrons. The maximum atomic E-state index is 11.9. The Hall–Kier alpha value is -2.81. The van der Waals surface area contributed by atoms with Crippen LogP contribution in [0, 0.1) is 0 Å². The van der Waals surface area contributed by atoms with Crippen molar-refractivity contribution in [3.8, 4) is 0 Å². The summed E-state index contributed by atoms with van der Waals surface area (Å²) in [6.07, 6.45) is 0. The quantitative estimate of drug-likeness (QED) is 0.785. The molecule has 0 spiro atoms. The number of fused-ring (bicyclic) bond motifs is 1. The lowest BCUT2D eigenvalue weighted by atomic mass is 10.0. The third-order valence-corrected chi connectivity index (χ3v) is 3.90. The van der Waals surface area contributed by atoms with Crippen LogP contribution in [0.15, 0.2) is 66.7 Å². The Bertz CT molecular complexity index is 817. The SMILES string of the molecule is CN(C)C(=O)c1ccc(NCc2cccc3ccccc23)cc1. The number of rotatable bonds is 4. The van der Waals surface area contributed by atoms with Crippen LogP contribution >= 0.6 is 0 Å². The zero-order valence-corrected chi connectivity index (χ0v) is 13.4. The van der Waals surface area contributed by atoms with E-state index in [1.807, 2.05) is 24.3 Å². The third kappa shape index (κ3) is 3.34. The molecule has 0 fully saturated rings. The van der Waals surface area contributed by atoms with Crippen molar-refractivity contribution in [2.45, 2.75) is 6.54 Å². The summed E-state index contributed by atoms with van der Waals surface area (Å²) in [6.45, 7) is 0.752. The molecule has 116 valence electrons. The van der Waals surface area contributed by atoms with Gasteiger partial charge in [-0.1, -0.05) is 42.5 Å². The van der Waals surface area contributed by atoms with Crippen molar-refractivity contribution < 1.29 is 4.79 Å². The van der Waals surface area contributed by atoms with Gasteiger partial charge in [0.05, 0.1) is 0 Å². The molecule has 0 atom stereocenters. The minimum atomic E-state index is 0.0191. The fourth-order valence-corrected chi connectivity index (χ4v) is 2.63. The predicted octanol–water partition coefficient (Wildman–Crippen LogP) is 4.15. The molecule has 0 aromatic heterocycles. The summed E-state index contributed by atoms with van der Waals surface area (Å²) < 4.78 is 0. The highest BCUT2D eigenvalue weighted by Crippen LogP contribution is 2.20. The van der Waals surface area contributed by atoms with Gasteiger partial charge in [0.25, 0.3) is 5.91 Å². The van der Waals surface area contributed by atoms with Crippen molar-refractivity contribution in [1.82, 2.24) is 4.90 Å². The van der Waals surface area contributed by atoms with Crippen molar-refractivity contribution in [3.05, 3.63) is 77.9 Å². The number of benzene rings is 3. The molecule has 0 aliphatic heterocycles. The fraction of sp³-hybridized carbons (Fsp3) is 0.150. The molecule has 3 aromatic carbocycles. The molecule has 1 amide bonds. The number of anilines is 1. The van der Waals surface area contributed by atoms with Gasteiger partial charge in [0, 0.05) is 31.9 Å². The summed E-state index contributed by atoms with van der Waals surface area (Å²) in [5, 5.41) is 5.94. The van der Waals surface area contributed by atoms with Gasteiger partial charge in [-0.2, -0.15) is 0 Å². The first-order valence-corrected chi connectivity index (χ1v) is 7.67. The van der Waals surface area contributed by atoms with E-state index in [-0.39, 0.29) is 5.91 Å². The van der Waals surface area contributed by atoms with Crippen LogP contribution in [0.5, 0.6) is 0 Å². The largest absolute Gasteiger partial charge is 0.381 e. The summed E-state index contributed by atoms with van der Waals surface area (Å²) >= 11 is 0. The van der Waals surface area contributed by atoms with Gasteiger partial charge in [-0.05, 0) is 40.6 Å². The molecule has 3 heteroatoms. The number of nitrogens with zero attached hydrogens (tertiary/aromatic N) is 1. The highest BCUT2D eigenvalue weighted by atomic mass is 16.2. The third-order valence-electron chi connectivity index (χ3n) is 3.90.